The molecule has 1 aliphatic heterocycles. The number of thioether (sulfide) groups is 1. The van der Waals surface area contributed by atoms with Crippen LogP contribution >= 0.6 is 24.0 Å². The summed E-state index contributed by atoms with van der Waals surface area (Å²) in [5.41, 5.74) is 1.42. The van der Waals surface area contributed by atoms with Crippen molar-refractivity contribution < 1.29 is 0 Å². The van der Waals surface area contributed by atoms with Crippen LogP contribution < -0.4 is 5.32 Å². The molecule has 3 nitrogen and oxygen atoms in total. The molecule has 1 saturated heterocycles. The maximum atomic E-state index is 8.99. The van der Waals surface area contributed by atoms with Crippen LogP contribution in [0.2, 0.25) is 0 Å². The molecule has 0 unspecified atom stereocenters. The van der Waals surface area contributed by atoms with Crippen LogP contribution in [0.1, 0.15) is 5.56 Å². The predicted molar refractivity (Wildman–Crippen MR) is 76.3 cm³/mol. The van der Waals surface area contributed by atoms with Crippen molar-refractivity contribution in [1.82, 2.24) is 4.90 Å². The standard InChI is InChI=1S/C12H13N3S2/c13-9-10-3-1-2-4-11(10)14-12(16)15-5-7-17-8-6-15/h1-4H,5-8H2,(H,14,16). The first-order chi connectivity index (χ1) is 8.31. The van der Waals surface area contributed by atoms with E-state index in [2.05, 4.69) is 16.3 Å². The third-order valence-electron chi connectivity index (χ3n) is 2.59. The average Bonchev–Trinajstić information content (AvgIpc) is 2.40. The van der Waals surface area contributed by atoms with Gasteiger partial charge in [-0.3, -0.25) is 0 Å². The highest BCUT2D eigenvalue weighted by Gasteiger charge is 2.14. The fourth-order valence-corrected chi connectivity index (χ4v) is 2.85. The largest absolute Gasteiger partial charge is 0.347 e. The zero-order chi connectivity index (χ0) is 12.1. The van der Waals surface area contributed by atoms with E-state index >= 15 is 0 Å². The minimum atomic E-state index is 0.626. The summed E-state index contributed by atoms with van der Waals surface area (Å²) in [6, 6.07) is 9.58. The lowest BCUT2D eigenvalue weighted by Crippen LogP contribution is -2.40. The van der Waals surface area contributed by atoms with Crippen molar-refractivity contribution in [3.8, 4) is 6.07 Å². The van der Waals surface area contributed by atoms with Crippen molar-refractivity contribution in [3.05, 3.63) is 29.8 Å². The second kappa shape index (κ2) is 5.89. The lowest BCUT2D eigenvalue weighted by molar-refractivity contribution is 0.470. The molecular formula is C12H13N3S2. The number of benzene rings is 1. The zero-order valence-electron chi connectivity index (χ0n) is 9.35. The minimum Gasteiger partial charge on any atom is -0.347 e. The van der Waals surface area contributed by atoms with Crippen LogP contribution in [0.15, 0.2) is 24.3 Å². The Bertz CT molecular complexity index is 447. The van der Waals surface area contributed by atoms with E-state index in [-0.39, 0.29) is 0 Å². The van der Waals surface area contributed by atoms with Gasteiger partial charge in [0.1, 0.15) is 6.07 Å². The summed E-state index contributed by atoms with van der Waals surface area (Å²) in [5.74, 6) is 2.23. The Morgan fingerprint density at radius 3 is 2.76 bits per heavy atom. The van der Waals surface area contributed by atoms with Crippen molar-refractivity contribution in [2.45, 2.75) is 0 Å². The normalized spacial score (nSPS) is 15.1. The van der Waals surface area contributed by atoms with E-state index in [1.54, 1.807) is 6.07 Å². The van der Waals surface area contributed by atoms with Crippen molar-refractivity contribution in [2.24, 2.45) is 0 Å². The van der Waals surface area contributed by atoms with Crippen LogP contribution in [-0.4, -0.2) is 34.6 Å². The van der Waals surface area contributed by atoms with Gasteiger partial charge in [-0.05, 0) is 24.4 Å². The van der Waals surface area contributed by atoms with Gasteiger partial charge < -0.3 is 10.2 Å². The molecule has 0 aliphatic carbocycles. The molecule has 0 aromatic heterocycles. The first-order valence-electron chi connectivity index (χ1n) is 5.44. The molecule has 5 heteroatoms. The van der Waals surface area contributed by atoms with Crippen LogP contribution in [0.5, 0.6) is 0 Å². The van der Waals surface area contributed by atoms with Gasteiger partial charge in [-0.2, -0.15) is 17.0 Å². The molecule has 1 N–H and O–H groups in total. The van der Waals surface area contributed by atoms with E-state index in [1.165, 1.54) is 0 Å². The molecule has 0 amide bonds. The van der Waals surface area contributed by atoms with E-state index in [1.807, 2.05) is 30.0 Å². The number of nitrogens with one attached hydrogen (secondary N) is 1. The number of thiocarbonyl (C=S) groups is 1. The Labute approximate surface area is 111 Å². The molecule has 1 fully saturated rings. The number of hydrogen-bond acceptors (Lipinski definition) is 3. The second-order valence-electron chi connectivity index (χ2n) is 3.69. The molecule has 88 valence electrons. The van der Waals surface area contributed by atoms with Gasteiger partial charge in [0, 0.05) is 24.6 Å². The maximum Gasteiger partial charge on any atom is 0.173 e. The Morgan fingerprint density at radius 1 is 1.35 bits per heavy atom. The highest BCUT2D eigenvalue weighted by Crippen LogP contribution is 2.16. The Kier molecular flexibility index (Phi) is 4.24. The number of para-hydroxylation sites is 1. The van der Waals surface area contributed by atoms with Gasteiger partial charge in [0.25, 0.3) is 0 Å². The molecule has 0 spiro atoms. The number of anilines is 1. The van der Waals surface area contributed by atoms with Gasteiger partial charge in [-0.1, -0.05) is 12.1 Å². The fourth-order valence-electron chi connectivity index (χ4n) is 1.65. The lowest BCUT2D eigenvalue weighted by Gasteiger charge is -2.29. The topological polar surface area (TPSA) is 39.1 Å². The van der Waals surface area contributed by atoms with Gasteiger partial charge in [0.2, 0.25) is 0 Å². The van der Waals surface area contributed by atoms with Crippen LogP contribution in [0.3, 0.4) is 0 Å². The van der Waals surface area contributed by atoms with E-state index in [4.69, 9.17) is 17.5 Å². The molecule has 0 atom stereocenters. The minimum absolute atomic E-state index is 0.626. The molecule has 1 aromatic rings. The van der Waals surface area contributed by atoms with E-state index in [0.717, 1.165) is 30.3 Å². The van der Waals surface area contributed by atoms with Crippen LogP contribution in [0.4, 0.5) is 5.69 Å². The third kappa shape index (κ3) is 3.11. The summed E-state index contributed by atoms with van der Waals surface area (Å²) in [7, 11) is 0. The lowest BCUT2D eigenvalue weighted by atomic mass is 10.2. The molecule has 17 heavy (non-hydrogen) atoms. The number of nitrogens with zero attached hydrogens (tertiary/aromatic N) is 2. The van der Waals surface area contributed by atoms with Crippen molar-refractivity contribution >= 4 is 34.8 Å². The summed E-state index contributed by atoms with van der Waals surface area (Å²) in [6.07, 6.45) is 0. The first-order valence-corrected chi connectivity index (χ1v) is 7.00. The zero-order valence-corrected chi connectivity index (χ0v) is 11.0. The summed E-state index contributed by atoms with van der Waals surface area (Å²) in [5, 5.41) is 12.9. The van der Waals surface area contributed by atoms with Gasteiger partial charge >= 0.3 is 0 Å². The van der Waals surface area contributed by atoms with E-state index < -0.39 is 0 Å². The van der Waals surface area contributed by atoms with Crippen LogP contribution in [0, 0.1) is 11.3 Å². The van der Waals surface area contributed by atoms with Crippen LogP contribution in [0.25, 0.3) is 0 Å². The molecule has 0 radical (unpaired) electrons. The molecular weight excluding hydrogens is 250 g/mol. The Morgan fingerprint density at radius 2 is 2.06 bits per heavy atom. The smallest absolute Gasteiger partial charge is 0.173 e. The van der Waals surface area contributed by atoms with Crippen molar-refractivity contribution in [3.63, 3.8) is 0 Å². The molecule has 0 saturated carbocycles. The molecule has 1 heterocycles. The van der Waals surface area contributed by atoms with Gasteiger partial charge in [0.05, 0.1) is 11.3 Å². The van der Waals surface area contributed by atoms with Crippen LogP contribution in [-0.2, 0) is 0 Å². The predicted octanol–water partition coefficient (Wildman–Crippen LogP) is 2.30. The number of nitriles is 1. The Hall–Kier alpha value is -1.25. The highest BCUT2D eigenvalue weighted by molar-refractivity contribution is 7.99. The summed E-state index contributed by atoms with van der Waals surface area (Å²) in [6.45, 7) is 1.95. The first kappa shape index (κ1) is 12.2. The summed E-state index contributed by atoms with van der Waals surface area (Å²) in [4.78, 5) is 2.15. The van der Waals surface area contributed by atoms with Crippen molar-refractivity contribution in [2.75, 3.05) is 29.9 Å². The molecule has 2 rings (SSSR count). The van der Waals surface area contributed by atoms with E-state index in [0.29, 0.717) is 10.7 Å². The quantitative estimate of drug-likeness (QED) is 0.787. The Balaban J connectivity index is 2.05. The highest BCUT2D eigenvalue weighted by atomic mass is 32.2. The molecule has 0 bridgehead atoms. The fraction of sp³-hybridized carbons (Fsp3) is 0.333. The third-order valence-corrected chi connectivity index (χ3v) is 3.89. The summed E-state index contributed by atoms with van der Waals surface area (Å²) >= 11 is 7.31. The molecule has 1 aliphatic rings. The number of rotatable bonds is 1. The summed E-state index contributed by atoms with van der Waals surface area (Å²) < 4.78 is 0. The second-order valence-corrected chi connectivity index (χ2v) is 5.30. The number of hydrogen-bond donors (Lipinski definition) is 1. The molecule has 1 aromatic carbocycles. The average molecular weight is 263 g/mol. The SMILES string of the molecule is N#Cc1ccccc1NC(=S)N1CCSCC1. The maximum absolute atomic E-state index is 8.99. The van der Waals surface area contributed by atoms with Gasteiger partial charge in [-0.25, -0.2) is 0 Å². The van der Waals surface area contributed by atoms with Crippen molar-refractivity contribution in [1.29, 1.82) is 5.26 Å². The van der Waals surface area contributed by atoms with Gasteiger partial charge in [-0.15, -0.1) is 0 Å². The monoisotopic (exact) mass is 263 g/mol. The van der Waals surface area contributed by atoms with E-state index in [9.17, 15) is 0 Å². The van der Waals surface area contributed by atoms with Gasteiger partial charge in [0.15, 0.2) is 5.11 Å².